The maximum Gasteiger partial charge on any atom is 0.149 e. The molecule has 0 unspecified atom stereocenters. The van der Waals surface area contributed by atoms with Gasteiger partial charge in [0.1, 0.15) is 5.78 Å². The van der Waals surface area contributed by atoms with Crippen molar-refractivity contribution >= 4 is 5.78 Å². The SMILES string of the molecule is COCC1(C(=O)CC(C)(C)C)C=CC=C1. The van der Waals surface area contributed by atoms with Crippen molar-refractivity contribution in [2.45, 2.75) is 27.2 Å². The molecule has 0 aromatic carbocycles. The first-order valence-corrected chi connectivity index (χ1v) is 5.29. The van der Waals surface area contributed by atoms with Crippen LogP contribution in [0.4, 0.5) is 0 Å². The van der Waals surface area contributed by atoms with Crippen molar-refractivity contribution < 1.29 is 9.53 Å². The van der Waals surface area contributed by atoms with Crippen molar-refractivity contribution in [3.63, 3.8) is 0 Å². The topological polar surface area (TPSA) is 26.3 Å². The summed E-state index contributed by atoms with van der Waals surface area (Å²) in [7, 11) is 1.63. The first kappa shape index (κ1) is 12.2. The van der Waals surface area contributed by atoms with Crippen molar-refractivity contribution in [1.82, 2.24) is 0 Å². The van der Waals surface area contributed by atoms with Crippen LogP contribution in [0.2, 0.25) is 0 Å². The van der Waals surface area contributed by atoms with Gasteiger partial charge in [-0.05, 0) is 5.41 Å². The van der Waals surface area contributed by atoms with Crippen LogP contribution in [0.25, 0.3) is 0 Å². The number of rotatable bonds is 4. The second kappa shape index (κ2) is 4.31. The van der Waals surface area contributed by atoms with Crippen LogP contribution in [0, 0.1) is 10.8 Å². The Hall–Kier alpha value is -0.890. The summed E-state index contributed by atoms with van der Waals surface area (Å²) >= 11 is 0. The summed E-state index contributed by atoms with van der Waals surface area (Å²) in [5.74, 6) is 0.238. The maximum absolute atomic E-state index is 12.2. The lowest BCUT2D eigenvalue weighted by Gasteiger charge is -2.27. The Morgan fingerprint density at radius 2 is 1.80 bits per heavy atom. The highest BCUT2D eigenvalue weighted by Crippen LogP contribution is 2.33. The molecule has 1 rings (SSSR count). The molecule has 1 aliphatic carbocycles. The standard InChI is InChI=1S/C13H20O2/c1-12(2,3)9-11(14)13(10-15-4)7-5-6-8-13/h5-8H,9-10H2,1-4H3. The van der Waals surface area contributed by atoms with E-state index in [2.05, 4.69) is 20.8 Å². The second-order valence-corrected chi connectivity index (χ2v) is 5.35. The summed E-state index contributed by atoms with van der Waals surface area (Å²) in [6.45, 7) is 6.67. The first-order valence-electron chi connectivity index (χ1n) is 5.29. The van der Waals surface area contributed by atoms with Gasteiger partial charge in [-0.1, -0.05) is 45.1 Å². The van der Waals surface area contributed by atoms with Gasteiger partial charge in [0.25, 0.3) is 0 Å². The number of hydrogen-bond donors (Lipinski definition) is 0. The van der Waals surface area contributed by atoms with Gasteiger partial charge < -0.3 is 4.74 Å². The van der Waals surface area contributed by atoms with Gasteiger partial charge in [-0.2, -0.15) is 0 Å². The minimum absolute atomic E-state index is 0.0299. The molecule has 0 saturated carbocycles. The number of ketones is 1. The number of ether oxygens (including phenoxy) is 1. The van der Waals surface area contributed by atoms with Gasteiger partial charge in [0.05, 0.1) is 12.0 Å². The lowest BCUT2D eigenvalue weighted by atomic mass is 9.78. The normalized spacial score (nSPS) is 18.4. The molecule has 0 aliphatic heterocycles. The number of carbonyl (C=O) groups excluding carboxylic acids is 1. The molecule has 0 aromatic rings. The molecule has 0 spiro atoms. The van der Waals surface area contributed by atoms with Gasteiger partial charge in [0.15, 0.2) is 0 Å². The molecule has 0 amide bonds. The molecule has 2 heteroatoms. The van der Waals surface area contributed by atoms with Crippen LogP contribution in [-0.4, -0.2) is 19.5 Å². The molecule has 0 fully saturated rings. The fraction of sp³-hybridized carbons (Fsp3) is 0.615. The summed E-state index contributed by atoms with van der Waals surface area (Å²) in [4.78, 5) is 12.2. The van der Waals surface area contributed by atoms with E-state index < -0.39 is 5.41 Å². The Balaban J connectivity index is 2.78. The quantitative estimate of drug-likeness (QED) is 0.710. The minimum Gasteiger partial charge on any atom is -0.383 e. The van der Waals surface area contributed by atoms with E-state index in [1.165, 1.54) is 0 Å². The molecule has 0 atom stereocenters. The van der Waals surface area contributed by atoms with Gasteiger partial charge >= 0.3 is 0 Å². The van der Waals surface area contributed by atoms with Gasteiger partial charge in [0.2, 0.25) is 0 Å². The summed E-state index contributed by atoms with van der Waals surface area (Å²) in [5.41, 5.74) is -0.482. The predicted octanol–water partition coefficient (Wildman–Crippen LogP) is 2.75. The Kier molecular flexibility index (Phi) is 3.50. The fourth-order valence-corrected chi connectivity index (χ4v) is 1.76. The highest BCUT2D eigenvalue weighted by molar-refractivity contribution is 5.90. The molecule has 0 N–H and O–H groups in total. The zero-order valence-corrected chi connectivity index (χ0v) is 10.0. The first-order chi connectivity index (χ1) is 6.90. The average Bonchev–Trinajstić information content (AvgIpc) is 2.51. The van der Waals surface area contributed by atoms with Crippen molar-refractivity contribution in [1.29, 1.82) is 0 Å². The molecule has 0 saturated heterocycles. The van der Waals surface area contributed by atoms with Gasteiger partial charge in [-0.25, -0.2) is 0 Å². The third-order valence-electron chi connectivity index (χ3n) is 2.49. The van der Waals surface area contributed by atoms with Crippen molar-refractivity contribution in [2.75, 3.05) is 13.7 Å². The van der Waals surface area contributed by atoms with Crippen LogP contribution in [0.5, 0.6) is 0 Å². The number of carbonyl (C=O) groups is 1. The van der Waals surface area contributed by atoms with Gasteiger partial charge in [0, 0.05) is 13.5 Å². The largest absolute Gasteiger partial charge is 0.383 e. The van der Waals surface area contributed by atoms with Gasteiger partial charge in [-0.3, -0.25) is 4.79 Å². The Morgan fingerprint density at radius 3 is 2.20 bits per heavy atom. The molecule has 84 valence electrons. The Morgan fingerprint density at radius 1 is 1.27 bits per heavy atom. The predicted molar refractivity (Wildman–Crippen MR) is 61.7 cm³/mol. The minimum atomic E-state index is -0.512. The van der Waals surface area contributed by atoms with Crippen molar-refractivity contribution in [3.05, 3.63) is 24.3 Å². The lowest BCUT2D eigenvalue weighted by Crippen LogP contribution is -2.33. The van der Waals surface area contributed by atoms with Gasteiger partial charge in [-0.15, -0.1) is 0 Å². The van der Waals surface area contributed by atoms with E-state index in [1.54, 1.807) is 7.11 Å². The zero-order chi connectivity index (χ0) is 11.5. The molecule has 15 heavy (non-hydrogen) atoms. The lowest BCUT2D eigenvalue weighted by molar-refractivity contribution is -0.128. The maximum atomic E-state index is 12.2. The van der Waals surface area contributed by atoms with Crippen LogP contribution in [0.1, 0.15) is 27.2 Å². The van der Waals surface area contributed by atoms with E-state index in [0.717, 1.165) is 0 Å². The van der Waals surface area contributed by atoms with Crippen molar-refractivity contribution in [3.8, 4) is 0 Å². The van der Waals surface area contributed by atoms with E-state index in [0.29, 0.717) is 13.0 Å². The van der Waals surface area contributed by atoms with E-state index >= 15 is 0 Å². The van der Waals surface area contributed by atoms with Crippen LogP contribution >= 0.6 is 0 Å². The van der Waals surface area contributed by atoms with Crippen LogP contribution in [0.15, 0.2) is 24.3 Å². The highest BCUT2D eigenvalue weighted by Gasteiger charge is 2.36. The Labute approximate surface area is 92.0 Å². The van der Waals surface area contributed by atoms with Crippen molar-refractivity contribution in [2.24, 2.45) is 10.8 Å². The molecule has 0 radical (unpaired) electrons. The molecule has 2 nitrogen and oxygen atoms in total. The van der Waals surface area contributed by atoms with Crippen LogP contribution < -0.4 is 0 Å². The number of allylic oxidation sites excluding steroid dienone is 2. The number of hydrogen-bond acceptors (Lipinski definition) is 2. The smallest absolute Gasteiger partial charge is 0.149 e. The zero-order valence-electron chi connectivity index (χ0n) is 10.0. The molecular formula is C13H20O2. The Bertz CT molecular complexity index is 280. The number of Topliss-reactive ketones (excluding diaryl/α,β-unsaturated/α-hetero) is 1. The molecular weight excluding hydrogens is 188 g/mol. The summed E-state index contributed by atoms with van der Waals surface area (Å²) in [6.07, 6.45) is 8.28. The molecule has 1 aliphatic rings. The number of methoxy groups -OCH3 is 1. The summed E-state index contributed by atoms with van der Waals surface area (Å²) < 4.78 is 5.14. The summed E-state index contributed by atoms with van der Waals surface area (Å²) in [5, 5.41) is 0. The third-order valence-corrected chi connectivity index (χ3v) is 2.49. The van der Waals surface area contributed by atoms with E-state index in [9.17, 15) is 4.79 Å². The third kappa shape index (κ3) is 3.03. The van der Waals surface area contributed by atoms with Crippen LogP contribution in [-0.2, 0) is 9.53 Å². The highest BCUT2D eigenvalue weighted by atomic mass is 16.5. The summed E-state index contributed by atoms with van der Waals surface area (Å²) in [6, 6.07) is 0. The van der Waals surface area contributed by atoms with E-state index in [-0.39, 0.29) is 11.2 Å². The molecule has 0 bridgehead atoms. The fourth-order valence-electron chi connectivity index (χ4n) is 1.76. The monoisotopic (exact) mass is 208 g/mol. The van der Waals surface area contributed by atoms with E-state index in [4.69, 9.17) is 4.74 Å². The average molecular weight is 208 g/mol. The second-order valence-electron chi connectivity index (χ2n) is 5.35. The van der Waals surface area contributed by atoms with E-state index in [1.807, 2.05) is 24.3 Å². The molecule has 0 aromatic heterocycles. The van der Waals surface area contributed by atoms with Crippen LogP contribution in [0.3, 0.4) is 0 Å². The molecule has 0 heterocycles.